The molecule has 3 nitrogen and oxygen atoms in total. The minimum Gasteiger partial charge on any atom is -0.355 e. The van der Waals surface area contributed by atoms with Crippen molar-refractivity contribution in [2.75, 3.05) is 5.32 Å². The average molecular weight is 298 g/mol. The van der Waals surface area contributed by atoms with Gasteiger partial charge in [-0.05, 0) is 52.3 Å². The lowest BCUT2D eigenvalue weighted by Gasteiger charge is -2.07. The number of hydrogen-bond acceptors (Lipinski definition) is 3. The van der Waals surface area contributed by atoms with E-state index in [4.69, 9.17) is 10.5 Å². The van der Waals surface area contributed by atoms with E-state index in [0.29, 0.717) is 11.1 Å². The monoisotopic (exact) mass is 297 g/mol. The highest BCUT2D eigenvalue weighted by Crippen LogP contribution is 2.24. The number of nitrogens with zero attached hydrogens (tertiary/aromatic N) is 2. The van der Waals surface area contributed by atoms with Gasteiger partial charge in [-0.25, -0.2) is 0 Å². The van der Waals surface area contributed by atoms with Gasteiger partial charge in [-0.1, -0.05) is 6.07 Å². The summed E-state index contributed by atoms with van der Waals surface area (Å²) in [5.41, 5.74) is 2.89. The van der Waals surface area contributed by atoms with Crippen LogP contribution in [0.2, 0.25) is 0 Å². The average Bonchev–Trinajstić information content (AvgIpc) is 2.39. The van der Waals surface area contributed by atoms with Gasteiger partial charge in [-0.15, -0.1) is 0 Å². The molecule has 0 unspecified atom stereocenters. The molecule has 0 fully saturated rings. The summed E-state index contributed by atoms with van der Waals surface area (Å²) in [5.74, 6) is 0. The number of nitrogens with one attached hydrogen (secondary N) is 1. The first-order valence-corrected chi connectivity index (χ1v) is 5.99. The van der Waals surface area contributed by atoms with Gasteiger partial charge in [0.1, 0.15) is 6.07 Å². The van der Waals surface area contributed by atoms with Crippen LogP contribution in [0.15, 0.2) is 46.9 Å². The number of rotatable bonds is 2. The van der Waals surface area contributed by atoms with Crippen molar-refractivity contribution >= 4 is 27.3 Å². The zero-order valence-electron chi connectivity index (χ0n) is 9.31. The van der Waals surface area contributed by atoms with Crippen LogP contribution < -0.4 is 5.32 Å². The van der Waals surface area contributed by atoms with Crippen LogP contribution in [0.25, 0.3) is 0 Å². The van der Waals surface area contributed by atoms with Crippen molar-refractivity contribution in [3.8, 4) is 12.1 Å². The molecule has 86 valence electrons. The molecule has 0 aliphatic rings. The smallest absolute Gasteiger partial charge is 0.100 e. The van der Waals surface area contributed by atoms with Crippen molar-refractivity contribution in [1.82, 2.24) is 0 Å². The Kier molecular flexibility index (Phi) is 3.62. The van der Waals surface area contributed by atoms with E-state index in [1.807, 2.05) is 24.3 Å². The van der Waals surface area contributed by atoms with Gasteiger partial charge in [0.25, 0.3) is 0 Å². The van der Waals surface area contributed by atoms with Gasteiger partial charge in [0, 0.05) is 15.8 Å². The highest BCUT2D eigenvalue weighted by Gasteiger charge is 2.01. The van der Waals surface area contributed by atoms with Crippen molar-refractivity contribution in [3.05, 3.63) is 58.1 Å². The first-order valence-electron chi connectivity index (χ1n) is 5.20. The van der Waals surface area contributed by atoms with E-state index in [1.165, 1.54) is 0 Å². The first kappa shape index (κ1) is 12.2. The number of anilines is 2. The van der Waals surface area contributed by atoms with Crippen molar-refractivity contribution in [1.29, 1.82) is 10.5 Å². The molecule has 0 spiro atoms. The Bertz CT molecular complexity index is 665. The van der Waals surface area contributed by atoms with E-state index in [2.05, 4.69) is 33.4 Å². The summed E-state index contributed by atoms with van der Waals surface area (Å²) < 4.78 is 0.742. The molecular weight excluding hydrogens is 290 g/mol. The highest BCUT2D eigenvalue weighted by atomic mass is 79.9. The van der Waals surface area contributed by atoms with Gasteiger partial charge in [0.15, 0.2) is 0 Å². The summed E-state index contributed by atoms with van der Waals surface area (Å²) in [5, 5.41) is 20.8. The van der Waals surface area contributed by atoms with E-state index < -0.39 is 0 Å². The van der Waals surface area contributed by atoms with Gasteiger partial charge in [-0.3, -0.25) is 0 Å². The summed E-state index contributed by atoms with van der Waals surface area (Å²) in [6.07, 6.45) is 0. The van der Waals surface area contributed by atoms with Crippen LogP contribution in [0.5, 0.6) is 0 Å². The molecule has 4 heteroatoms. The predicted octanol–water partition coefficient (Wildman–Crippen LogP) is 3.94. The number of nitriles is 2. The molecule has 0 saturated heterocycles. The van der Waals surface area contributed by atoms with Crippen LogP contribution in [0.4, 0.5) is 11.4 Å². The molecule has 0 heterocycles. The number of hydrogen-bond donors (Lipinski definition) is 1. The summed E-state index contributed by atoms with van der Waals surface area (Å²) in [6, 6.07) is 16.8. The minimum atomic E-state index is 0.589. The Morgan fingerprint density at radius 3 is 2.39 bits per heavy atom. The zero-order valence-corrected chi connectivity index (χ0v) is 10.9. The van der Waals surface area contributed by atoms with Crippen LogP contribution in [0.3, 0.4) is 0 Å². The Labute approximate surface area is 113 Å². The van der Waals surface area contributed by atoms with Gasteiger partial charge in [-0.2, -0.15) is 10.5 Å². The zero-order chi connectivity index (χ0) is 13.0. The SMILES string of the molecule is N#Cc1cccc(Nc2ccc(C#N)c(Br)c2)c1. The fourth-order valence-corrected chi connectivity index (χ4v) is 1.98. The largest absolute Gasteiger partial charge is 0.355 e. The fourth-order valence-electron chi connectivity index (χ4n) is 1.52. The molecule has 0 aliphatic heterocycles. The highest BCUT2D eigenvalue weighted by molar-refractivity contribution is 9.10. The standard InChI is InChI=1S/C14H8BrN3/c15-14-7-13(5-4-11(14)9-17)18-12-3-1-2-10(6-12)8-16/h1-7,18H. The number of benzene rings is 2. The van der Waals surface area contributed by atoms with Crippen molar-refractivity contribution in [2.45, 2.75) is 0 Å². The topological polar surface area (TPSA) is 59.6 Å². The van der Waals surface area contributed by atoms with Crippen LogP contribution >= 0.6 is 15.9 Å². The Morgan fingerprint density at radius 2 is 1.72 bits per heavy atom. The second-order valence-corrected chi connectivity index (χ2v) is 4.48. The van der Waals surface area contributed by atoms with E-state index in [9.17, 15) is 0 Å². The lowest BCUT2D eigenvalue weighted by atomic mass is 10.2. The summed E-state index contributed by atoms with van der Waals surface area (Å²) >= 11 is 3.33. The second-order valence-electron chi connectivity index (χ2n) is 3.62. The van der Waals surface area contributed by atoms with E-state index >= 15 is 0 Å². The lowest BCUT2D eigenvalue weighted by Crippen LogP contribution is -1.91. The van der Waals surface area contributed by atoms with Crippen LogP contribution in [-0.2, 0) is 0 Å². The van der Waals surface area contributed by atoms with Crippen LogP contribution in [-0.4, -0.2) is 0 Å². The van der Waals surface area contributed by atoms with Gasteiger partial charge in [0.05, 0.1) is 17.2 Å². The molecule has 0 bridgehead atoms. The summed E-state index contributed by atoms with van der Waals surface area (Å²) in [6.45, 7) is 0. The predicted molar refractivity (Wildman–Crippen MR) is 73.3 cm³/mol. The molecule has 18 heavy (non-hydrogen) atoms. The van der Waals surface area contributed by atoms with Gasteiger partial charge < -0.3 is 5.32 Å². The van der Waals surface area contributed by atoms with Crippen molar-refractivity contribution < 1.29 is 0 Å². The first-order chi connectivity index (χ1) is 8.72. The summed E-state index contributed by atoms with van der Waals surface area (Å²) in [4.78, 5) is 0. The lowest BCUT2D eigenvalue weighted by molar-refractivity contribution is 1.45. The van der Waals surface area contributed by atoms with Gasteiger partial charge >= 0.3 is 0 Å². The second kappa shape index (κ2) is 5.35. The molecule has 2 rings (SSSR count). The molecule has 0 aromatic heterocycles. The maximum absolute atomic E-state index is 8.83. The van der Waals surface area contributed by atoms with E-state index in [0.717, 1.165) is 15.8 Å². The molecule has 0 aliphatic carbocycles. The molecule has 2 aromatic rings. The minimum absolute atomic E-state index is 0.589. The van der Waals surface area contributed by atoms with Crippen LogP contribution in [0, 0.1) is 22.7 Å². The molecule has 0 radical (unpaired) electrons. The molecule has 0 amide bonds. The molecule has 1 N–H and O–H groups in total. The maximum Gasteiger partial charge on any atom is 0.100 e. The van der Waals surface area contributed by atoms with Crippen molar-refractivity contribution in [2.24, 2.45) is 0 Å². The maximum atomic E-state index is 8.83. The Morgan fingerprint density at radius 1 is 0.944 bits per heavy atom. The Balaban J connectivity index is 2.27. The van der Waals surface area contributed by atoms with E-state index in [-0.39, 0.29) is 0 Å². The molecule has 2 aromatic carbocycles. The van der Waals surface area contributed by atoms with E-state index in [1.54, 1.807) is 18.2 Å². The molecule has 0 saturated carbocycles. The third kappa shape index (κ3) is 2.68. The summed E-state index contributed by atoms with van der Waals surface area (Å²) in [7, 11) is 0. The normalized spacial score (nSPS) is 9.28. The molecular formula is C14H8BrN3. The Hall–Kier alpha value is -2.30. The third-order valence-electron chi connectivity index (χ3n) is 2.37. The fraction of sp³-hybridized carbons (Fsp3) is 0. The number of halogens is 1. The van der Waals surface area contributed by atoms with Gasteiger partial charge in [0.2, 0.25) is 0 Å². The van der Waals surface area contributed by atoms with Crippen molar-refractivity contribution in [3.63, 3.8) is 0 Å². The van der Waals surface area contributed by atoms with Crippen LogP contribution in [0.1, 0.15) is 11.1 Å². The quantitative estimate of drug-likeness (QED) is 0.913. The molecule has 0 atom stereocenters. The third-order valence-corrected chi connectivity index (χ3v) is 3.03.